The lowest BCUT2D eigenvalue weighted by atomic mass is 10.1. The van der Waals surface area contributed by atoms with Crippen molar-refractivity contribution in [2.75, 3.05) is 0 Å². The molecular formula is C16H22BrNOSi. The van der Waals surface area contributed by atoms with Crippen molar-refractivity contribution in [2.24, 2.45) is 0 Å². The smallest absolute Gasteiger partial charge is 0.192 e. The first kappa shape index (κ1) is 15.8. The van der Waals surface area contributed by atoms with Gasteiger partial charge in [0, 0.05) is 4.47 Å². The molecule has 0 spiro atoms. The highest BCUT2D eigenvalue weighted by atomic mass is 79.9. The van der Waals surface area contributed by atoms with Crippen LogP contribution in [0.1, 0.15) is 50.0 Å². The quantitative estimate of drug-likeness (QED) is 0.674. The molecular weight excluding hydrogens is 330 g/mol. The Morgan fingerprint density at radius 2 is 2.00 bits per heavy atom. The molecule has 0 amide bonds. The Balaban J connectivity index is 2.31. The van der Waals surface area contributed by atoms with Gasteiger partial charge in [0.2, 0.25) is 0 Å². The second-order valence-corrected chi connectivity index (χ2v) is 12.6. The molecule has 0 fully saturated rings. The van der Waals surface area contributed by atoms with Gasteiger partial charge >= 0.3 is 0 Å². The molecule has 1 atom stereocenters. The van der Waals surface area contributed by atoms with Crippen LogP contribution in [-0.2, 0) is 10.8 Å². The third-order valence-electron chi connectivity index (χ3n) is 4.65. The molecule has 2 nitrogen and oxygen atoms in total. The Morgan fingerprint density at radius 3 is 2.55 bits per heavy atom. The van der Waals surface area contributed by atoms with Crippen LogP contribution < -0.4 is 0 Å². The summed E-state index contributed by atoms with van der Waals surface area (Å²) in [6, 6.07) is 6.21. The lowest BCUT2D eigenvalue weighted by molar-refractivity contribution is 0.185. The van der Waals surface area contributed by atoms with E-state index in [1.807, 2.05) is 6.07 Å². The van der Waals surface area contributed by atoms with Crippen molar-refractivity contribution in [3.8, 4) is 6.07 Å². The average molecular weight is 352 g/mol. The topological polar surface area (TPSA) is 33.0 Å². The van der Waals surface area contributed by atoms with Gasteiger partial charge in [-0.1, -0.05) is 26.8 Å². The molecule has 0 radical (unpaired) electrons. The van der Waals surface area contributed by atoms with Crippen LogP contribution in [0.25, 0.3) is 0 Å². The molecule has 0 unspecified atom stereocenters. The molecule has 0 heterocycles. The van der Waals surface area contributed by atoms with E-state index < -0.39 is 8.32 Å². The maximum atomic E-state index is 9.10. The van der Waals surface area contributed by atoms with Crippen molar-refractivity contribution < 1.29 is 4.43 Å². The summed E-state index contributed by atoms with van der Waals surface area (Å²) >= 11 is 3.57. The summed E-state index contributed by atoms with van der Waals surface area (Å²) in [5, 5.41) is 9.33. The van der Waals surface area contributed by atoms with Gasteiger partial charge in [-0.25, -0.2) is 0 Å². The average Bonchev–Trinajstić information content (AvgIpc) is 2.72. The molecule has 0 aromatic heterocycles. The maximum absolute atomic E-state index is 9.10. The minimum atomic E-state index is -1.76. The number of hydrogen-bond acceptors (Lipinski definition) is 2. The number of nitriles is 1. The zero-order valence-electron chi connectivity index (χ0n) is 12.9. The normalized spacial score (nSPS) is 18.8. The highest BCUT2D eigenvalue weighted by Gasteiger charge is 2.41. The van der Waals surface area contributed by atoms with Crippen LogP contribution in [0.3, 0.4) is 0 Å². The summed E-state index contributed by atoms with van der Waals surface area (Å²) in [5.74, 6) is 0. The molecule has 1 aromatic carbocycles. The van der Waals surface area contributed by atoms with Crippen molar-refractivity contribution in [3.05, 3.63) is 33.3 Å². The highest BCUT2D eigenvalue weighted by Crippen LogP contribution is 2.45. The van der Waals surface area contributed by atoms with E-state index in [-0.39, 0.29) is 11.1 Å². The molecule has 0 aliphatic heterocycles. The van der Waals surface area contributed by atoms with Crippen molar-refractivity contribution in [1.82, 2.24) is 0 Å². The Labute approximate surface area is 131 Å². The van der Waals surface area contributed by atoms with E-state index >= 15 is 0 Å². The standard InChI is InChI=1S/C16H22BrNOSi/c1-16(2,3)20(4,5)19-14-9-8-13-12(14)7-6-11(10-18)15(13)17/h6-7,14H,8-9H2,1-5H3/t14-/m0/s1. The van der Waals surface area contributed by atoms with Gasteiger partial charge in [-0.3, -0.25) is 0 Å². The highest BCUT2D eigenvalue weighted by molar-refractivity contribution is 9.10. The van der Waals surface area contributed by atoms with Crippen LogP contribution in [-0.4, -0.2) is 8.32 Å². The van der Waals surface area contributed by atoms with Crippen molar-refractivity contribution in [1.29, 1.82) is 5.26 Å². The fraction of sp³-hybridized carbons (Fsp3) is 0.562. The van der Waals surface area contributed by atoms with Crippen molar-refractivity contribution >= 4 is 24.2 Å². The van der Waals surface area contributed by atoms with E-state index in [2.05, 4.69) is 61.9 Å². The maximum Gasteiger partial charge on any atom is 0.192 e. The van der Waals surface area contributed by atoms with Gasteiger partial charge in [0.1, 0.15) is 6.07 Å². The van der Waals surface area contributed by atoms with Gasteiger partial charge in [0.05, 0.1) is 11.7 Å². The predicted octanol–water partition coefficient (Wildman–Crippen LogP) is 5.33. The summed E-state index contributed by atoms with van der Waals surface area (Å²) in [6.07, 6.45) is 2.20. The first-order valence-corrected chi connectivity index (χ1v) is 10.8. The number of benzene rings is 1. The van der Waals surface area contributed by atoms with Gasteiger partial charge < -0.3 is 4.43 Å². The largest absolute Gasteiger partial charge is 0.410 e. The molecule has 2 rings (SSSR count). The van der Waals surface area contributed by atoms with Gasteiger partial charge in [-0.05, 0) is 64.1 Å². The number of halogens is 1. The Bertz CT molecular complexity index is 569. The minimum Gasteiger partial charge on any atom is -0.410 e. The lowest BCUT2D eigenvalue weighted by Crippen LogP contribution is -2.41. The van der Waals surface area contributed by atoms with Gasteiger partial charge in [-0.15, -0.1) is 0 Å². The van der Waals surface area contributed by atoms with Gasteiger partial charge in [0.25, 0.3) is 0 Å². The van der Waals surface area contributed by atoms with Crippen LogP contribution in [0.2, 0.25) is 18.1 Å². The molecule has 0 saturated heterocycles. The van der Waals surface area contributed by atoms with Crippen molar-refractivity contribution in [2.45, 2.75) is 57.8 Å². The number of fused-ring (bicyclic) bond motifs is 1. The molecule has 0 saturated carbocycles. The summed E-state index contributed by atoms with van der Waals surface area (Å²) < 4.78 is 7.51. The predicted molar refractivity (Wildman–Crippen MR) is 88.2 cm³/mol. The second-order valence-electron chi connectivity index (χ2n) is 7.01. The second kappa shape index (κ2) is 5.29. The third kappa shape index (κ3) is 2.72. The van der Waals surface area contributed by atoms with Crippen LogP contribution in [0.4, 0.5) is 0 Å². The molecule has 20 heavy (non-hydrogen) atoms. The molecule has 108 valence electrons. The minimum absolute atomic E-state index is 0.190. The molecule has 4 heteroatoms. The zero-order valence-corrected chi connectivity index (χ0v) is 15.5. The fourth-order valence-corrected chi connectivity index (χ4v) is 4.32. The summed E-state index contributed by atoms with van der Waals surface area (Å²) in [7, 11) is -1.76. The monoisotopic (exact) mass is 351 g/mol. The first-order chi connectivity index (χ1) is 9.17. The number of hydrogen-bond donors (Lipinski definition) is 0. The lowest BCUT2D eigenvalue weighted by Gasteiger charge is -2.38. The van der Waals surface area contributed by atoms with Gasteiger partial charge in [-0.2, -0.15) is 5.26 Å². The van der Waals surface area contributed by atoms with E-state index in [9.17, 15) is 0 Å². The number of nitrogens with zero attached hydrogens (tertiary/aromatic N) is 1. The van der Waals surface area contributed by atoms with E-state index in [4.69, 9.17) is 9.69 Å². The molecule has 1 aliphatic rings. The summed E-state index contributed by atoms with van der Waals surface area (Å²) in [5.41, 5.74) is 3.24. The molecule has 0 bridgehead atoms. The van der Waals surface area contributed by atoms with Crippen LogP contribution in [0.5, 0.6) is 0 Å². The van der Waals surface area contributed by atoms with Crippen molar-refractivity contribution in [3.63, 3.8) is 0 Å². The van der Waals surface area contributed by atoms with Crippen LogP contribution >= 0.6 is 15.9 Å². The number of rotatable bonds is 2. The summed E-state index contributed by atoms with van der Waals surface area (Å²) in [4.78, 5) is 0. The third-order valence-corrected chi connectivity index (χ3v) is 10.0. The zero-order chi connectivity index (χ0) is 15.1. The SMILES string of the molecule is CC(C)(C)[Si](C)(C)O[C@H]1CCc2c1ccc(C#N)c2Br. The molecule has 1 aliphatic carbocycles. The first-order valence-electron chi connectivity index (χ1n) is 7.06. The fourth-order valence-electron chi connectivity index (χ4n) is 2.36. The van der Waals surface area contributed by atoms with Crippen LogP contribution in [0, 0.1) is 11.3 Å². The van der Waals surface area contributed by atoms with Gasteiger partial charge in [0.15, 0.2) is 8.32 Å². The molecule has 1 aromatic rings. The van der Waals surface area contributed by atoms with E-state index in [1.54, 1.807) is 0 Å². The summed E-state index contributed by atoms with van der Waals surface area (Å²) in [6.45, 7) is 11.4. The van der Waals surface area contributed by atoms with Crippen LogP contribution in [0.15, 0.2) is 16.6 Å². The Hall–Kier alpha value is -0.633. The van der Waals surface area contributed by atoms with E-state index in [0.717, 1.165) is 22.9 Å². The van der Waals surface area contributed by atoms with E-state index in [0.29, 0.717) is 0 Å². The Kier molecular flexibility index (Phi) is 4.16. The Morgan fingerprint density at radius 1 is 1.35 bits per heavy atom. The van der Waals surface area contributed by atoms with E-state index in [1.165, 1.54) is 11.1 Å². The molecule has 0 N–H and O–H groups in total.